The molecule has 1 fully saturated rings. The molecule has 0 radical (unpaired) electrons. The van der Waals surface area contributed by atoms with E-state index >= 15 is 0 Å². The van der Waals surface area contributed by atoms with Crippen molar-refractivity contribution in [2.75, 3.05) is 20.3 Å². The molecule has 2 atom stereocenters. The van der Waals surface area contributed by atoms with Crippen molar-refractivity contribution in [1.29, 1.82) is 0 Å². The number of amidine groups is 1. The van der Waals surface area contributed by atoms with Crippen molar-refractivity contribution in [2.45, 2.75) is 25.6 Å². The minimum absolute atomic E-state index is 0.132. The first-order chi connectivity index (χ1) is 10.0. The molecule has 114 valence electrons. The number of ether oxygens (including phenoxy) is 2. The summed E-state index contributed by atoms with van der Waals surface area (Å²) in [4.78, 5) is 6.46. The standard InChI is InChI=1S/C16H22N2O3/c1-6-12-9-21-8-7-13-17-15(11(4)20-5)14(10(2)3)16(19)18(12)13/h6,12,16,19H,1-2,4,7-9H2,3,5H3. The third kappa shape index (κ3) is 2.80. The van der Waals surface area contributed by atoms with Crippen LogP contribution >= 0.6 is 0 Å². The predicted octanol–water partition coefficient (Wildman–Crippen LogP) is 1.98. The van der Waals surface area contributed by atoms with Gasteiger partial charge in [0, 0.05) is 12.0 Å². The van der Waals surface area contributed by atoms with E-state index in [1.807, 2.05) is 11.8 Å². The van der Waals surface area contributed by atoms with Crippen LogP contribution in [-0.4, -0.2) is 48.4 Å². The number of nitrogens with zero attached hydrogens (tertiary/aromatic N) is 2. The Kier molecular flexibility index (Phi) is 4.65. The lowest BCUT2D eigenvalue weighted by Gasteiger charge is -2.39. The Hall–Kier alpha value is -1.85. The zero-order chi connectivity index (χ0) is 15.6. The van der Waals surface area contributed by atoms with Gasteiger partial charge < -0.3 is 19.5 Å². The van der Waals surface area contributed by atoms with Gasteiger partial charge in [-0.25, -0.2) is 4.99 Å². The molecule has 2 unspecified atom stereocenters. The van der Waals surface area contributed by atoms with E-state index in [-0.39, 0.29) is 6.04 Å². The van der Waals surface area contributed by atoms with Crippen LogP contribution in [0.4, 0.5) is 0 Å². The monoisotopic (exact) mass is 290 g/mol. The van der Waals surface area contributed by atoms with Crippen LogP contribution in [-0.2, 0) is 9.47 Å². The maximum atomic E-state index is 10.8. The normalized spacial score (nSPS) is 25.7. The van der Waals surface area contributed by atoms with Gasteiger partial charge >= 0.3 is 0 Å². The Morgan fingerprint density at radius 2 is 2.24 bits per heavy atom. The van der Waals surface area contributed by atoms with Gasteiger partial charge in [0.1, 0.15) is 17.3 Å². The van der Waals surface area contributed by atoms with Crippen LogP contribution < -0.4 is 0 Å². The molecule has 0 aliphatic carbocycles. The highest BCUT2D eigenvalue weighted by Crippen LogP contribution is 2.32. The highest BCUT2D eigenvalue weighted by Gasteiger charge is 2.36. The lowest BCUT2D eigenvalue weighted by molar-refractivity contribution is 0.0427. The van der Waals surface area contributed by atoms with E-state index in [0.717, 1.165) is 11.4 Å². The van der Waals surface area contributed by atoms with Crippen molar-refractivity contribution < 1.29 is 14.6 Å². The Bertz CT molecular complexity index is 534. The first-order valence-electron chi connectivity index (χ1n) is 6.88. The van der Waals surface area contributed by atoms with Gasteiger partial charge in [0.05, 0.1) is 26.4 Å². The van der Waals surface area contributed by atoms with Crippen LogP contribution in [0.25, 0.3) is 0 Å². The summed E-state index contributed by atoms with van der Waals surface area (Å²) in [5.74, 6) is 1.17. The van der Waals surface area contributed by atoms with Gasteiger partial charge in [0.25, 0.3) is 0 Å². The fraction of sp³-hybridized carbons (Fsp3) is 0.438. The van der Waals surface area contributed by atoms with Gasteiger partial charge in [0.15, 0.2) is 6.23 Å². The summed E-state index contributed by atoms with van der Waals surface area (Å²) < 4.78 is 10.8. The molecule has 5 heteroatoms. The Balaban J connectivity index is 2.55. The van der Waals surface area contributed by atoms with E-state index in [1.165, 1.54) is 7.11 Å². The largest absolute Gasteiger partial charge is 0.495 e. The van der Waals surface area contributed by atoms with E-state index in [1.54, 1.807) is 6.08 Å². The van der Waals surface area contributed by atoms with Crippen molar-refractivity contribution in [1.82, 2.24) is 4.90 Å². The number of methoxy groups -OCH3 is 1. The molecule has 0 spiro atoms. The van der Waals surface area contributed by atoms with Crippen LogP contribution in [0.3, 0.4) is 0 Å². The van der Waals surface area contributed by atoms with Crippen LogP contribution in [0, 0.1) is 0 Å². The second-order valence-electron chi connectivity index (χ2n) is 5.11. The molecule has 5 nitrogen and oxygen atoms in total. The molecule has 21 heavy (non-hydrogen) atoms. The van der Waals surface area contributed by atoms with Gasteiger partial charge in [-0.05, 0) is 12.5 Å². The maximum Gasteiger partial charge on any atom is 0.157 e. The summed E-state index contributed by atoms with van der Waals surface area (Å²) in [6.07, 6.45) is 1.52. The second kappa shape index (κ2) is 6.28. The molecule has 2 aliphatic rings. The van der Waals surface area contributed by atoms with E-state index in [9.17, 15) is 5.11 Å². The summed E-state index contributed by atoms with van der Waals surface area (Å²) in [5.41, 5.74) is 1.90. The Morgan fingerprint density at radius 1 is 1.52 bits per heavy atom. The van der Waals surface area contributed by atoms with Crippen LogP contribution in [0.5, 0.6) is 0 Å². The molecule has 0 aromatic heterocycles. The smallest absolute Gasteiger partial charge is 0.157 e. The van der Waals surface area contributed by atoms with Crippen LogP contribution in [0.15, 0.2) is 53.4 Å². The molecule has 0 saturated carbocycles. The van der Waals surface area contributed by atoms with Gasteiger partial charge in [-0.3, -0.25) is 0 Å². The Labute approximate surface area is 125 Å². The third-order valence-electron chi connectivity index (χ3n) is 3.67. The lowest BCUT2D eigenvalue weighted by Crippen LogP contribution is -2.50. The van der Waals surface area contributed by atoms with E-state index in [0.29, 0.717) is 36.7 Å². The number of hydrogen-bond donors (Lipinski definition) is 1. The van der Waals surface area contributed by atoms with Crippen LogP contribution in [0.2, 0.25) is 0 Å². The fourth-order valence-corrected chi connectivity index (χ4v) is 2.57. The second-order valence-corrected chi connectivity index (χ2v) is 5.11. The molecule has 2 heterocycles. The minimum atomic E-state index is -0.860. The average Bonchev–Trinajstić information content (AvgIpc) is 2.67. The number of rotatable bonds is 4. The summed E-state index contributed by atoms with van der Waals surface area (Å²) in [6, 6.07) is -0.132. The number of fused-ring (bicyclic) bond motifs is 1. The topological polar surface area (TPSA) is 54.3 Å². The molecule has 0 aromatic rings. The van der Waals surface area contributed by atoms with Crippen molar-refractivity contribution in [2.24, 2.45) is 4.99 Å². The van der Waals surface area contributed by atoms with E-state index in [4.69, 9.17) is 9.47 Å². The molecule has 0 amide bonds. The quantitative estimate of drug-likeness (QED) is 0.635. The van der Waals surface area contributed by atoms with Gasteiger partial charge in [-0.15, -0.1) is 6.58 Å². The molecule has 1 saturated heterocycles. The van der Waals surface area contributed by atoms with Gasteiger partial charge in [0.2, 0.25) is 0 Å². The summed E-state index contributed by atoms with van der Waals surface area (Å²) in [6.45, 7) is 14.5. The van der Waals surface area contributed by atoms with Gasteiger partial charge in [-0.2, -0.15) is 0 Å². The molecule has 2 aliphatic heterocycles. The predicted molar refractivity (Wildman–Crippen MR) is 82.7 cm³/mol. The number of hydrogen-bond acceptors (Lipinski definition) is 5. The molecule has 0 bridgehead atoms. The Morgan fingerprint density at radius 3 is 2.81 bits per heavy atom. The molecular formula is C16H22N2O3. The molecular weight excluding hydrogens is 268 g/mol. The minimum Gasteiger partial charge on any atom is -0.495 e. The van der Waals surface area contributed by atoms with E-state index < -0.39 is 6.23 Å². The van der Waals surface area contributed by atoms with Crippen molar-refractivity contribution in [3.05, 3.63) is 48.4 Å². The summed E-state index contributed by atoms with van der Waals surface area (Å²) in [7, 11) is 1.53. The fourth-order valence-electron chi connectivity index (χ4n) is 2.57. The highest BCUT2D eigenvalue weighted by molar-refractivity contribution is 5.86. The van der Waals surface area contributed by atoms with Gasteiger partial charge in [-0.1, -0.05) is 19.2 Å². The van der Waals surface area contributed by atoms with Crippen LogP contribution in [0.1, 0.15) is 13.3 Å². The number of aliphatic hydroxyl groups excluding tert-OH is 1. The van der Waals surface area contributed by atoms with Crippen molar-refractivity contribution in [3.63, 3.8) is 0 Å². The number of aliphatic imine (C=N–C) groups is 1. The van der Waals surface area contributed by atoms with Crippen molar-refractivity contribution in [3.8, 4) is 0 Å². The first kappa shape index (κ1) is 15.5. The van der Waals surface area contributed by atoms with Crippen molar-refractivity contribution >= 4 is 5.84 Å². The SMILES string of the molecule is C=CC1COCCC2=NC(C(=C)OC)=C(C(=C)C)C(O)N21. The molecule has 1 N–H and O–H groups in total. The maximum absolute atomic E-state index is 10.8. The summed E-state index contributed by atoms with van der Waals surface area (Å²) in [5, 5.41) is 10.8. The highest BCUT2D eigenvalue weighted by atomic mass is 16.5. The average molecular weight is 290 g/mol. The number of aliphatic hydroxyl groups is 1. The zero-order valence-electron chi connectivity index (χ0n) is 12.6. The molecule has 0 aromatic carbocycles. The lowest BCUT2D eigenvalue weighted by atomic mass is 9.99. The summed E-state index contributed by atoms with van der Waals surface area (Å²) >= 11 is 0. The third-order valence-corrected chi connectivity index (χ3v) is 3.67. The first-order valence-corrected chi connectivity index (χ1v) is 6.88. The van der Waals surface area contributed by atoms with E-state index in [2.05, 4.69) is 24.7 Å². The zero-order valence-corrected chi connectivity index (χ0v) is 12.6. The molecule has 2 rings (SSSR count).